The van der Waals surface area contributed by atoms with Crippen LogP contribution in [0.1, 0.15) is 19.4 Å². The third-order valence-electron chi connectivity index (χ3n) is 4.91. The highest BCUT2D eigenvalue weighted by atomic mass is 31.2. The molecule has 0 radical (unpaired) electrons. The van der Waals surface area contributed by atoms with Crippen LogP contribution in [0.5, 0.6) is 17.2 Å². The highest BCUT2D eigenvalue weighted by Crippen LogP contribution is 2.52. The third kappa shape index (κ3) is 13.9. The number of benzene rings is 1. The first-order chi connectivity index (χ1) is 16.3. The first-order valence-electron chi connectivity index (χ1n) is 12.3. The summed E-state index contributed by atoms with van der Waals surface area (Å²) >= 11 is 0. The summed E-state index contributed by atoms with van der Waals surface area (Å²) in [6.07, 6.45) is 0.0882. The molecule has 0 aliphatic rings. The number of rotatable bonds is 19. The van der Waals surface area contributed by atoms with E-state index in [4.69, 9.17) is 32.7 Å². The molecule has 0 N–H and O–H groups in total. The van der Waals surface area contributed by atoms with Gasteiger partial charge in [0.25, 0.3) is 0 Å². The fourth-order valence-electron chi connectivity index (χ4n) is 2.95. The summed E-state index contributed by atoms with van der Waals surface area (Å²) in [7, 11) is -4.15. The fraction of sp³-hybridized carbons (Fsp3) is 0.750. The van der Waals surface area contributed by atoms with Crippen LogP contribution in [0.25, 0.3) is 0 Å². The molecule has 0 aliphatic heterocycles. The summed E-state index contributed by atoms with van der Waals surface area (Å²) in [5, 5.41) is 0. The minimum Gasteiger partial charge on any atom is -0.493 e. The van der Waals surface area contributed by atoms with E-state index in [2.05, 4.69) is 39.3 Å². The van der Waals surface area contributed by atoms with Gasteiger partial charge in [0.15, 0.2) is 25.1 Å². The van der Waals surface area contributed by atoms with Crippen LogP contribution >= 0.6 is 7.60 Å². The Morgan fingerprint density at radius 3 is 1.71 bits per heavy atom. The minimum absolute atomic E-state index is 0.0680. The second kappa shape index (κ2) is 15.4. The summed E-state index contributed by atoms with van der Waals surface area (Å²) in [6.45, 7) is 19.4. The average Bonchev–Trinajstić information content (AvgIpc) is 2.72. The summed E-state index contributed by atoms with van der Waals surface area (Å²) in [5.41, 5.74) is 0.691. The Balaban J connectivity index is 3.04. The maximum absolute atomic E-state index is 13.1. The normalized spacial score (nSPS) is 12.6. The largest absolute Gasteiger partial charge is 0.493 e. The van der Waals surface area contributed by atoms with Gasteiger partial charge in [0.2, 0.25) is 5.75 Å². The molecule has 0 amide bonds. The lowest BCUT2D eigenvalue weighted by atomic mass is 10.2. The quantitative estimate of drug-likeness (QED) is 0.0801. The smallest absolute Gasteiger partial charge is 0.335 e. The van der Waals surface area contributed by atoms with Crippen molar-refractivity contribution in [3.8, 4) is 17.2 Å². The van der Waals surface area contributed by atoms with Crippen LogP contribution in [-0.4, -0.2) is 63.3 Å². The summed E-state index contributed by atoms with van der Waals surface area (Å²) in [4.78, 5) is 0. The van der Waals surface area contributed by atoms with Crippen molar-refractivity contribution in [1.29, 1.82) is 0 Å². The zero-order valence-electron chi connectivity index (χ0n) is 23.2. The molecule has 0 spiro atoms. The van der Waals surface area contributed by atoms with Crippen molar-refractivity contribution in [2.24, 2.45) is 0 Å². The van der Waals surface area contributed by atoms with E-state index in [0.29, 0.717) is 49.2 Å². The minimum atomic E-state index is -3.31. The Bertz CT molecular complexity index is 783. The molecule has 0 saturated heterocycles. The predicted octanol–water partition coefficient (Wildman–Crippen LogP) is 6.84. The fourth-order valence-corrected chi connectivity index (χ4v) is 6.14. The van der Waals surface area contributed by atoms with Crippen LogP contribution in [0.3, 0.4) is 0 Å². The first-order valence-corrected chi connectivity index (χ1v) is 21.5. The maximum atomic E-state index is 13.1. The van der Waals surface area contributed by atoms with Gasteiger partial charge in [-0.3, -0.25) is 4.57 Å². The third-order valence-corrected chi connectivity index (χ3v) is 10.4. The Morgan fingerprint density at radius 2 is 1.26 bits per heavy atom. The monoisotopic (exact) mass is 550 g/mol. The van der Waals surface area contributed by atoms with Gasteiger partial charge in [-0.1, -0.05) is 39.3 Å². The van der Waals surface area contributed by atoms with Crippen LogP contribution in [-0.2, 0) is 29.2 Å². The van der Waals surface area contributed by atoms with Crippen molar-refractivity contribution >= 4 is 23.7 Å². The van der Waals surface area contributed by atoms with Gasteiger partial charge in [0.1, 0.15) is 0 Å². The maximum Gasteiger partial charge on any atom is 0.335 e. The van der Waals surface area contributed by atoms with Crippen molar-refractivity contribution in [2.75, 3.05) is 47.1 Å². The molecule has 0 unspecified atom stereocenters. The Kier molecular flexibility index (Phi) is 14.1. The molecule has 0 heterocycles. The molecule has 1 aromatic rings. The van der Waals surface area contributed by atoms with Crippen molar-refractivity contribution in [3.63, 3.8) is 0 Å². The van der Waals surface area contributed by atoms with Gasteiger partial charge in [-0.15, -0.1) is 0 Å². The van der Waals surface area contributed by atoms with Gasteiger partial charge in [0, 0.05) is 29.4 Å². The predicted molar refractivity (Wildman–Crippen MR) is 147 cm³/mol. The Morgan fingerprint density at radius 1 is 0.771 bits per heavy atom. The zero-order chi connectivity index (χ0) is 26.5. The molecule has 0 aromatic heterocycles. The summed E-state index contributed by atoms with van der Waals surface area (Å²) in [5.74, 6) is 1.30. The van der Waals surface area contributed by atoms with Crippen LogP contribution in [0.2, 0.25) is 51.4 Å². The van der Waals surface area contributed by atoms with Crippen molar-refractivity contribution in [2.45, 2.75) is 71.4 Å². The molecule has 1 rings (SSSR count). The molecule has 0 saturated carbocycles. The van der Waals surface area contributed by atoms with E-state index in [1.807, 2.05) is 0 Å². The molecule has 35 heavy (non-hydrogen) atoms. The van der Waals surface area contributed by atoms with E-state index in [9.17, 15) is 4.57 Å². The number of ether oxygens (including phenoxy) is 5. The lowest BCUT2D eigenvalue weighted by Gasteiger charge is -2.21. The zero-order valence-corrected chi connectivity index (χ0v) is 26.1. The summed E-state index contributed by atoms with van der Waals surface area (Å²) in [6, 6.07) is 5.62. The highest BCUT2D eigenvalue weighted by molar-refractivity contribution is 7.53. The molecule has 8 nitrogen and oxygen atoms in total. The molecule has 11 heteroatoms. The second-order valence-corrected chi connectivity index (χ2v) is 24.0. The van der Waals surface area contributed by atoms with Gasteiger partial charge >= 0.3 is 7.60 Å². The summed E-state index contributed by atoms with van der Waals surface area (Å²) < 4.78 is 52.9. The Labute approximate surface area is 214 Å². The SMILES string of the molecule is CCOP(=O)(Cc1cc(OC)c(OCOCC[Si](C)(C)C)c(OCOCC[Si](C)(C)C)c1)OCC. The molecule has 0 atom stereocenters. The molecule has 0 aliphatic carbocycles. The number of hydrogen-bond donors (Lipinski definition) is 0. The van der Waals surface area contributed by atoms with Crippen molar-refractivity contribution < 1.29 is 37.3 Å². The first kappa shape index (κ1) is 32.2. The topological polar surface area (TPSA) is 81.7 Å². The van der Waals surface area contributed by atoms with Crippen LogP contribution in [0, 0.1) is 0 Å². The standard InChI is InChI=1S/C24H47O8PSi2/c1-10-31-33(25,32-11-2)18-21-16-22(26-3)24(30-20-28-13-15-35(7,8)9)23(17-21)29-19-27-12-14-34(4,5)6/h16-17H,10-15,18-20H2,1-9H3. The number of methoxy groups -OCH3 is 1. The highest BCUT2D eigenvalue weighted by Gasteiger charge is 2.26. The lowest BCUT2D eigenvalue weighted by Crippen LogP contribution is -2.22. The molecule has 1 aromatic carbocycles. The molecular weight excluding hydrogens is 503 g/mol. The van der Waals surface area contributed by atoms with E-state index in [1.165, 1.54) is 0 Å². The van der Waals surface area contributed by atoms with Gasteiger partial charge in [-0.05, 0) is 43.6 Å². The van der Waals surface area contributed by atoms with Crippen LogP contribution in [0.15, 0.2) is 12.1 Å². The van der Waals surface area contributed by atoms with E-state index in [-0.39, 0.29) is 19.7 Å². The van der Waals surface area contributed by atoms with E-state index < -0.39 is 23.7 Å². The van der Waals surface area contributed by atoms with Crippen LogP contribution < -0.4 is 14.2 Å². The average molecular weight is 551 g/mol. The Hall–Kier alpha value is -0.876. The van der Waals surface area contributed by atoms with Crippen molar-refractivity contribution in [3.05, 3.63) is 17.7 Å². The van der Waals surface area contributed by atoms with Crippen LogP contribution in [0.4, 0.5) is 0 Å². The van der Waals surface area contributed by atoms with E-state index in [0.717, 1.165) is 12.1 Å². The van der Waals surface area contributed by atoms with Crippen molar-refractivity contribution in [1.82, 2.24) is 0 Å². The molecule has 0 fully saturated rings. The van der Waals surface area contributed by atoms with E-state index in [1.54, 1.807) is 33.1 Å². The van der Waals surface area contributed by atoms with Gasteiger partial charge in [-0.25, -0.2) is 0 Å². The van der Waals surface area contributed by atoms with Gasteiger partial charge in [-0.2, -0.15) is 0 Å². The number of hydrogen-bond acceptors (Lipinski definition) is 8. The molecule has 0 bridgehead atoms. The van der Waals surface area contributed by atoms with Gasteiger partial charge < -0.3 is 32.7 Å². The molecular formula is C24H47O8PSi2. The van der Waals surface area contributed by atoms with Gasteiger partial charge in [0.05, 0.1) is 26.5 Å². The lowest BCUT2D eigenvalue weighted by molar-refractivity contribution is 0.00454. The second-order valence-electron chi connectivity index (χ2n) is 10.7. The van der Waals surface area contributed by atoms with E-state index >= 15 is 0 Å². The molecule has 204 valence electrons.